The fourth-order valence-corrected chi connectivity index (χ4v) is 3.61. The maximum atomic E-state index is 5.27. The number of anilines is 1. The molecule has 1 saturated carbocycles. The molecule has 154 valence electrons. The van der Waals surface area contributed by atoms with Gasteiger partial charge in [-0.2, -0.15) is 10.2 Å². The van der Waals surface area contributed by atoms with E-state index in [-0.39, 0.29) is 6.04 Å². The molecule has 1 fully saturated rings. The van der Waals surface area contributed by atoms with Crippen LogP contribution in [0.4, 0.5) is 5.82 Å². The van der Waals surface area contributed by atoms with Crippen molar-refractivity contribution in [2.75, 3.05) is 12.4 Å². The number of benzene rings is 1. The molecule has 1 aliphatic rings. The summed E-state index contributed by atoms with van der Waals surface area (Å²) in [7, 11) is 1.67. The van der Waals surface area contributed by atoms with Crippen LogP contribution in [0.3, 0.4) is 0 Å². The lowest BCUT2D eigenvalue weighted by molar-refractivity contribution is 0.414. The third kappa shape index (κ3) is 3.49. The van der Waals surface area contributed by atoms with Gasteiger partial charge in [0.15, 0.2) is 0 Å². The van der Waals surface area contributed by atoms with Gasteiger partial charge in [-0.25, -0.2) is 9.97 Å². The van der Waals surface area contributed by atoms with E-state index in [0.29, 0.717) is 18.3 Å². The van der Waals surface area contributed by atoms with Gasteiger partial charge in [0.2, 0.25) is 5.82 Å². The zero-order valence-corrected chi connectivity index (χ0v) is 17.4. The molecule has 3 aromatic heterocycles. The molecule has 0 atom stereocenters. The van der Waals surface area contributed by atoms with Crippen LogP contribution in [0.15, 0.2) is 36.5 Å². The van der Waals surface area contributed by atoms with Crippen molar-refractivity contribution in [1.82, 2.24) is 29.9 Å². The van der Waals surface area contributed by atoms with Gasteiger partial charge in [-0.05, 0) is 50.5 Å². The Morgan fingerprint density at radius 3 is 2.70 bits per heavy atom. The standard InChI is InChI=1S/C22H25N7O/c1-13(2)24-21-18-17(10-11-23-21)29(12-14-4-8-16(30-3)9-5-14)28-19(18)22-25-20(26-27-22)15-6-7-15/h4-5,8-11,13,15H,6-7,12H2,1-3H3,(H,23,24)(H,25,26,27). The predicted octanol–water partition coefficient (Wildman–Crippen LogP) is 3.97. The van der Waals surface area contributed by atoms with Crippen molar-refractivity contribution >= 4 is 16.7 Å². The Bertz CT molecular complexity index is 1170. The predicted molar refractivity (Wildman–Crippen MR) is 116 cm³/mol. The van der Waals surface area contributed by atoms with Gasteiger partial charge in [0.1, 0.15) is 23.1 Å². The molecule has 0 aliphatic heterocycles. The van der Waals surface area contributed by atoms with E-state index in [0.717, 1.165) is 39.6 Å². The van der Waals surface area contributed by atoms with E-state index < -0.39 is 0 Å². The molecule has 0 spiro atoms. The summed E-state index contributed by atoms with van der Waals surface area (Å²) in [4.78, 5) is 9.33. The Hall–Kier alpha value is -3.42. The average molecular weight is 403 g/mol. The Kier molecular flexibility index (Phi) is 4.61. The van der Waals surface area contributed by atoms with E-state index >= 15 is 0 Å². The fourth-order valence-electron chi connectivity index (χ4n) is 3.61. The largest absolute Gasteiger partial charge is 0.497 e. The van der Waals surface area contributed by atoms with Crippen molar-refractivity contribution in [2.24, 2.45) is 0 Å². The molecular weight excluding hydrogens is 378 g/mol. The second-order valence-corrected chi connectivity index (χ2v) is 8.03. The van der Waals surface area contributed by atoms with Crippen LogP contribution >= 0.6 is 0 Å². The number of rotatable bonds is 7. The number of fused-ring (bicyclic) bond motifs is 1. The van der Waals surface area contributed by atoms with Crippen LogP contribution in [0.1, 0.15) is 44.0 Å². The lowest BCUT2D eigenvalue weighted by atomic mass is 10.2. The van der Waals surface area contributed by atoms with Crippen molar-refractivity contribution in [3.05, 3.63) is 47.9 Å². The number of H-pyrrole nitrogens is 1. The van der Waals surface area contributed by atoms with Gasteiger partial charge in [-0.15, -0.1) is 0 Å². The summed E-state index contributed by atoms with van der Waals surface area (Å²) in [6.07, 6.45) is 4.16. The highest BCUT2D eigenvalue weighted by molar-refractivity contribution is 5.99. The number of nitrogens with one attached hydrogen (secondary N) is 2. The summed E-state index contributed by atoms with van der Waals surface area (Å²) >= 11 is 0. The lowest BCUT2D eigenvalue weighted by Crippen LogP contribution is -2.11. The smallest absolute Gasteiger partial charge is 0.202 e. The SMILES string of the molecule is COc1ccc(Cn2nc(-c3n[nH]c(C4CC4)n3)c3c(NC(C)C)nccc32)cc1. The minimum atomic E-state index is 0.245. The molecule has 4 aromatic rings. The second kappa shape index (κ2) is 7.44. The molecule has 30 heavy (non-hydrogen) atoms. The molecule has 0 bridgehead atoms. The fraction of sp³-hybridized carbons (Fsp3) is 0.364. The Morgan fingerprint density at radius 1 is 1.20 bits per heavy atom. The van der Waals surface area contributed by atoms with E-state index in [9.17, 15) is 0 Å². The first-order valence-electron chi connectivity index (χ1n) is 10.3. The van der Waals surface area contributed by atoms with Crippen LogP contribution in [0.25, 0.3) is 22.4 Å². The van der Waals surface area contributed by atoms with E-state index in [4.69, 9.17) is 14.8 Å². The zero-order chi connectivity index (χ0) is 20.7. The van der Waals surface area contributed by atoms with Gasteiger partial charge in [0.05, 0.1) is 24.6 Å². The number of aromatic amines is 1. The molecule has 8 heteroatoms. The molecule has 0 unspecified atom stereocenters. The number of aromatic nitrogens is 6. The number of methoxy groups -OCH3 is 1. The second-order valence-electron chi connectivity index (χ2n) is 8.03. The summed E-state index contributed by atoms with van der Waals surface area (Å²) in [5.41, 5.74) is 2.88. The van der Waals surface area contributed by atoms with Crippen molar-refractivity contribution in [1.29, 1.82) is 0 Å². The number of hydrogen-bond donors (Lipinski definition) is 2. The maximum absolute atomic E-state index is 5.27. The minimum absolute atomic E-state index is 0.245. The molecule has 1 aromatic carbocycles. The minimum Gasteiger partial charge on any atom is -0.497 e. The zero-order valence-electron chi connectivity index (χ0n) is 17.4. The van der Waals surface area contributed by atoms with Crippen molar-refractivity contribution in [3.63, 3.8) is 0 Å². The molecule has 8 nitrogen and oxygen atoms in total. The normalized spacial score (nSPS) is 13.9. The molecule has 3 heterocycles. The van der Waals surface area contributed by atoms with Crippen LogP contribution in [0, 0.1) is 0 Å². The van der Waals surface area contributed by atoms with Gasteiger partial charge < -0.3 is 10.1 Å². The Morgan fingerprint density at radius 2 is 2.00 bits per heavy atom. The molecule has 5 rings (SSSR count). The van der Waals surface area contributed by atoms with E-state index in [1.807, 2.05) is 29.1 Å². The molecule has 0 radical (unpaired) electrons. The van der Waals surface area contributed by atoms with E-state index in [1.54, 1.807) is 7.11 Å². The Balaban J connectivity index is 1.61. The van der Waals surface area contributed by atoms with Crippen LogP contribution in [0.2, 0.25) is 0 Å². The van der Waals surface area contributed by atoms with Crippen LogP contribution in [-0.4, -0.2) is 43.1 Å². The first-order chi connectivity index (χ1) is 14.6. The molecule has 1 aliphatic carbocycles. The molecule has 0 saturated heterocycles. The highest BCUT2D eigenvalue weighted by Crippen LogP contribution is 2.39. The summed E-state index contributed by atoms with van der Waals surface area (Å²) in [5, 5.41) is 16.9. The number of ether oxygens (including phenoxy) is 1. The summed E-state index contributed by atoms with van der Waals surface area (Å²) in [5.74, 6) is 3.72. The third-order valence-corrected chi connectivity index (χ3v) is 5.26. The topological polar surface area (TPSA) is 93.5 Å². The average Bonchev–Trinajstić information content (AvgIpc) is 3.36. The van der Waals surface area contributed by atoms with Crippen molar-refractivity contribution in [2.45, 2.75) is 45.2 Å². The van der Waals surface area contributed by atoms with Crippen molar-refractivity contribution in [3.8, 4) is 17.3 Å². The van der Waals surface area contributed by atoms with Crippen LogP contribution in [0.5, 0.6) is 5.75 Å². The van der Waals surface area contributed by atoms with Gasteiger partial charge in [-0.3, -0.25) is 9.78 Å². The quantitative estimate of drug-likeness (QED) is 0.485. The Labute approximate surface area is 174 Å². The first kappa shape index (κ1) is 18.6. The van der Waals surface area contributed by atoms with Crippen LogP contribution in [-0.2, 0) is 6.54 Å². The maximum Gasteiger partial charge on any atom is 0.202 e. The summed E-state index contributed by atoms with van der Waals surface area (Å²) in [6, 6.07) is 10.3. The molecule has 2 N–H and O–H groups in total. The number of nitrogens with zero attached hydrogens (tertiary/aromatic N) is 5. The summed E-state index contributed by atoms with van der Waals surface area (Å²) in [6.45, 7) is 4.82. The highest BCUT2D eigenvalue weighted by Gasteiger charge is 2.28. The van der Waals surface area contributed by atoms with E-state index in [2.05, 4.69) is 46.5 Å². The number of hydrogen-bond acceptors (Lipinski definition) is 6. The summed E-state index contributed by atoms with van der Waals surface area (Å²) < 4.78 is 7.26. The van der Waals surface area contributed by atoms with Gasteiger partial charge in [-0.1, -0.05) is 12.1 Å². The van der Waals surface area contributed by atoms with Crippen molar-refractivity contribution < 1.29 is 4.74 Å². The highest BCUT2D eigenvalue weighted by atomic mass is 16.5. The molecule has 0 amide bonds. The number of pyridine rings is 1. The van der Waals surface area contributed by atoms with Crippen LogP contribution < -0.4 is 10.1 Å². The van der Waals surface area contributed by atoms with Gasteiger partial charge in [0.25, 0.3) is 0 Å². The molecular formula is C22H25N7O. The third-order valence-electron chi connectivity index (χ3n) is 5.26. The lowest BCUT2D eigenvalue weighted by Gasteiger charge is -2.10. The van der Waals surface area contributed by atoms with Gasteiger partial charge >= 0.3 is 0 Å². The first-order valence-corrected chi connectivity index (χ1v) is 10.3. The van der Waals surface area contributed by atoms with E-state index in [1.165, 1.54) is 12.8 Å². The van der Waals surface area contributed by atoms with Gasteiger partial charge in [0, 0.05) is 18.2 Å². The monoisotopic (exact) mass is 403 g/mol.